The maximum atomic E-state index is 12.9. The van der Waals surface area contributed by atoms with Crippen molar-refractivity contribution < 1.29 is 22.7 Å². The maximum absolute atomic E-state index is 12.9. The topological polar surface area (TPSA) is 112 Å². The van der Waals surface area contributed by atoms with Crippen LogP contribution in [0.25, 0.3) is 21.5 Å². The Kier molecular flexibility index (Phi) is 5.38. The van der Waals surface area contributed by atoms with E-state index >= 15 is 0 Å². The third-order valence-electron chi connectivity index (χ3n) is 4.62. The Labute approximate surface area is 182 Å². The Morgan fingerprint density at radius 1 is 1.19 bits per heavy atom. The summed E-state index contributed by atoms with van der Waals surface area (Å²) in [6, 6.07) is 9.97. The first-order valence-corrected chi connectivity index (χ1v) is 11.4. The van der Waals surface area contributed by atoms with Gasteiger partial charge in [-0.25, -0.2) is 9.78 Å². The second kappa shape index (κ2) is 8.00. The Hall–Kier alpha value is -3.44. The summed E-state index contributed by atoms with van der Waals surface area (Å²) in [6.45, 7) is 0. The van der Waals surface area contributed by atoms with Gasteiger partial charge in [0.15, 0.2) is 5.03 Å². The van der Waals surface area contributed by atoms with Gasteiger partial charge in [-0.3, -0.25) is 9.40 Å². The van der Waals surface area contributed by atoms with Crippen LogP contribution < -0.4 is 9.46 Å². The summed E-state index contributed by atoms with van der Waals surface area (Å²) in [5.74, 6) is -0.372. The fraction of sp³-hybridized carbons (Fsp3) is 0.150. The number of carbonyl (C=O) groups excluding carboxylic acids is 1. The van der Waals surface area contributed by atoms with Crippen LogP contribution in [-0.2, 0) is 21.8 Å². The van der Waals surface area contributed by atoms with Crippen LogP contribution in [0.5, 0.6) is 5.75 Å². The highest BCUT2D eigenvalue weighted by atomic mass is 32.2. The molecule has 4 aromatic rings. The molecule has 9 nitrogen and oxygen atoms in total. The zero-order valence-corrected chi connectivity index (χ0v) is 18.5. The molecule has 0 saturated heterocycles. The number of anilines is 1. The van der Waals surface area contributed by atoms with Crippen LogP contribution in [0, 0.1) is 0 Å². The Bertz CT molecular complexity index is 1390. The van der Waals surface area contributed by atoms with Crippen molar-refractivity contribution >= 4 is 43.9 Å². The van der Waals surface area contributed by atoms with E-state index < -0.39 is 16.0 Å². The highest BCUT2D eigenvalue weighted by Gasteiger charge is 2.22. The number of sulfonamides is 1. The van der Waals surface area contributed by atoms with E-state index in [0.717, 1.165) is 16.5 Å². The van der Waals surface area contributed by atoms with E-state index in [1.165, 1.54) is 49.1 Å². The summed E-state index contributed by atoms with van der Waals surface area (Å²) >= 11 is 1.22. The third kappa shape index (κ3) is 3.84. The molecule has 0 aliphatic carbocycles. The first-order chi connectivity index (χ1) is 14.8. The molecule has 160 valence electrons. The average molecular weight is 459 g/mol. The normalized spacial score (nSPS) is 11.5. The van der Waals surface area contributed by atoms with Crippen molar-refractivity contribution in [2.45, 2.75) is 5.03 Å². The number of rotatable bonds is 6. The molecule has 0 radical (unpaired) electrons. The monoisotopic (exact) mass is 458 g/mol. The van der Waals surface area contributed by atoms with Crippen LogP contribution in [-0.4, -0.2) is 43.4 Å². The molecule has 2 aromatic carbocycles. The van der Waals surface area contributed by atoms with E-state index in [9.17, 15) is 13.2 Å². The van der Waals surface area contributed by atoms with Gasteiger partial charge in [0.2, 0.25) is 0 Å². The van der Waals surface area contributed by atoms with Crippen LogP contribution in [0.3, 0.4) is 0 Å². The van der Waals surface area contributed by atoms with Gasteiger partial charge in [0.05, 0.1) is 37.2 Å². The molecular weight excluding hydrogens is 440 g/mol. The largest absolute Gasteiger partial charge is 0.495 e. The lowest BCUT2D eigenvalue weighted by Crippen LogP contribution is -2.14. The highest BCUT2D eigenvalue weighted by molar-refractivity contribution is 7.92. The van der Waals surface area contributed by atoms with Gasteiger partial charge in [0.25, 0.3) is 10.0 Å². The van der Waals surface area contributed by atoms with Crippen molar-refractivity contribution in [2.75, 3.05) is 18.9 Å². The maximum Gasteiger partial charge on any atom is 0.337 e. The predicted octanol–water partition coefficient (Wildman–Crippen LogP) is 3.29. The minimum Gasteiger partial charge on any atom is -0.495 e. The average Bonchev–Trinajstić information content (AvgIpc) is 3.41. The first-order valence-electron chi connectivity index (χ1n) is 9.00. The summed E-state index contributed by atoms with van der Waals surface area (Å²) < 4.78 is 40.0. The van der Waals surface area contributed by atoms with Gasteiger partial charge >= 0.3 is 5.97 Å². The number of esters is 1. The van der Waals surface area contributed by atoms with Crippen LogP contribution in [0.1, 0.15) is 10.4 Å². The van der Waals surface area contributed by atoms with E-state index in [4.69, 9.17) is 4.74 Å². The van der Waals surface area contributed by atoms with Gasteiger partial charge in [0, 0.05) is 23.4 Å². The van der Waals surface area contributed by atoms with Gasteiger partial charge in [-0.1, -0.05) is 12.1 Å². The van der Waals surface area contributed by atoms with Crippen molar-refractivity contribution in [1.29, 1.82) is 0 Å². The van der Waals surface area contributed by atoms with Crippen molar-refractivity contribution in [1.82, 2.24) is 14.8 Å². The van der Waals surface area contributed by atoms with Gasteiger partial charge in [-0.05, 0) is 24.3 Å². The second-order valence-electron chi connectivity index (χ2n) is 6.51. The molecule has 0 aliphatic heterocycles. The number of carbonyl (C=O) groups is 1. The molecule has 0 spiro atoms. The number of hydrogen-bond donors (Lipinski definition) is 1. The number of aromatic nitrogens is 3. The number of thiazole rings is 1. The van der Waals surface area contributed by atoms with Crippen LogP contribution >= 0.6 is 11.3 Å². The summed E-state index contributed by atoms with van der Waals surface area (Å²) in [6.07, 6.45) is 1.75. The molecule has 0 unspecified atom stereocenters. The number of ether oxygens (including phenoxy) is 2. The number of benzene rings is 2. The number of para-hydroxylation sites is 1. The lowest BCUT2D eigenvalue weighted by atomic mass is 10.1. The Balaban J connectivity index is 1.67. The standard InChI is InChI=1S/C20H18N4O5S2/c1-24-18-13(10-21-24)5-4-6-14(18)19-22-17(11-30-19)31(26,27)23-15-8-7-12(20(25)29-3)9-16(15)28-2/h4-11,23H,1-3H3. The molecular formula is C20H18N4O5S2. The number of aryl methyl sites for hydroxylation is 1. The number of methoxy groups -OCH3 is 2. The van der Waals surface area contributed by atoms with E-state index in [-0.39, 0.29) is 22.0 Å². The molecule has 0 aliphatic rings. The van der Waals surface area contributed by atoms with Crippen LogP contribution in [0.4, 0.5) is 5.69 Å². The SMILES string of the molecule is COC(=O)c1ccc(NS(=O)(=O)c2csc(-c3cccc4cnn(C)c34)n2)c(OC)c1. The number of fused-ring (bicyclic) bond motifs is 1. The van der Waals surface area contributed by atoms with Crippen LogP contribution in [0.15, 0.2) is 53.0 Å². The summed E-state index contributed by atoms with van der Waals surface area (Å²) in [5.41, 5.74) is 2.08. The number of hydrogen-bond acceptors (Lipinski definition) is 8. The molecule has 1 N–H and O–H groups in total. The van der Waals surface area contributed by atoms with Crippen LogP contribution in [0.2, 0.25) is 0 Å². The molecule has 2 heterocycles. The number of nitrogens with one attached hydrogen (secondary N) is 1. The second-order valence-corrected chi connectivity index (χ2v) is 9.00. The molecule has 31 heavy (non-hydrogen) atoms. The van der Waals surface area contributed by atoms with E-state index in [0.29, 0.717) is 5.01 Å². The molecule has 4 rings (SSSR count). The molecule has 0 atom stereocenters. The Morgan fingerprint density at radius 2 is 2.00 bits per heavy atom. The summed E-state index contributed by atoms with van der Waals surface area (Å²) in [5, 5.41) is 7.10. The van der Waals surface area contributed by atoms with Crippen molar-refractivity contribution in [3.63, 3.8) is 0 Å². The minimum atomic E-state index is -3.99. The van der Waals surface area contributed by atoms with E-state index in [2.05, 4.69) is 19.5 Å². The highest BCUT2D eigenvalue weighted by Crippen LogP contribution is 2.33. The summed E-state index contributed by atoms with van der Waals surface area (Å²) in [7, 11) is 0.471. The smallest absolute Gasteiger partial charge is 0.337 e. The zero-order chi connectivity index (χ0) is 22.2. The Morgan fingerprint density at radius 3 is 2.74 bits per heavy atom. The third-order valence-corrected chi connectivity index (χ3v) is 6.89. The van der Waals surface area contributed by atoms with Crippen molar-refractivity contribution in [2.24, 2.45) is 7.05 Å². The van der Waals surface area contributed by atoms with Gasteiger partial charge in [-0.2, -0.15) is 13.5 Å². The molecule has 0 bridgehead atoms. The van der Waals surface area contributed by atoms with Crippen molar-refractivity contribution in [3.8, 4) is 16.3 Å². The fourth-order valence-electron chi connectivity index (χ4n) is 3.13. The molecule has 0 amide bonds. The molecule has 2 aromatic heterocycles. The lowest BCUT2D eigenvalue weighted by Gasteiger charge is -2.11. The fourth-order valence-corrected chi connectivity index (χ4v) is 5.32. The van der Waals surface area contributed by atoms with Gasteiger partial charge in [-0.15, -0.1) is 11.3 Å². The summed E-state index contributed by atoms with van der Waals surface area (Å²) in [4.78, 5) is 16.0. The molecule has 0 saturated carbocycles. The zero-order valence-electron chi connectivity index (χ0n) is 16.8. The molecule has 11 heteroatoms. The van der Waals surface area contributed by atoms with E-state index in [1.54, 1.807) is 10.9 Å². The predicted molar refractivity (Wildman–Crippen MR) is 117 cm³/mol. The quantitative estimate of drug-likeness (QED) is 0.441. The van der Waals surface area contributed by atoms with Gasteiger partial charge < -0.3 is 9.47 Å². The first kappa shape index (κ1) is 20.8. The molecule has 0 fully saturated rings. The number of nitrogens with zero attached hydrogens (tertiary/aromatic N) is 3. The van der Waals surface area contributed by atoms with E-state index in [1.807, 2.05) is 25.2 Å². The van der Waals surface area contributed by atoms with Gasteiger partial charge in [0.1, 0.15) is 10.8 Å². The minimum absolute atomic E-state index is 0.120. The lowest BCUT2D eigenvalue weighted by molar-refractivity contribution is 0.0600. The van der Waals surface area contributed by atoms with Crippen molar-refractivity contribution in [3.05, 3.63) is 53.5 Å².